The molecule has 116 valence electrons. The second kappa shape index (κ2) is 10.0. The van der Waals surface area contributed by atoms with Crippen LogP contribution in [0, 0.1) is 11.3 Å². The summed E-state index contributed by atoms with van der Waals surface area (Å²) in [5.74, 6) is 0.826. The van der Waals surface area contributed by atoms with Crippen molar-refractivity contribution >= 4 is 12.4 Å². The lowest BCUT2D eigenvalue weighted by Gasteiger charge is -2.47. The molecule has 0 radical (unpaired) electrons. The second-order valence-corrected chi connectivity index (χ2v) is 6.51. The lowest BCUT2D eigenvalue weighted by atomic mass is 9.59. The maximum absolute atomic E-state index is 10.2. The minimum Gasteiger partial charge on any atom is -0.393 e. The molecule has 0 amide bonds. The van der Waals surface area contributed by atoms with Gasteiger partial charge >= 0.3 is 0 Å². The summed E-state index contributed by atoms with van der Waals surface area (Å²) in [4.78, 5) is 0. The summed E-state index contributed by atoms with van der Waals surface area (Å²) in [6.45, 7) is 6.29. The van der Waals surface area contributed by atoms with Gasteiger partial charge in [0.1, 0.15) is 0 Å². The van der Waals surface area contributed by atoms with Crippen LogP contribution in [-0.4, -0.2) is 11.2 Å². The van der Waals surface area contributed by atoms with Crippen LogP contribution in [0.1, 0.15) is 91.4 Å². The first kappa shape index (κ1) is 19.2. The number of halogens is 1. The molecule has 0 heterocycles. The molecule has 0 saturated heterocycles. The summed E-state index contributed by atoms with van der Waals surface area (Å²) in [5, 5.41) is 10.2. The summed E-state index contributed by atoms with van der Waals surface area (Å²) in [5.41, 5.74) is 0.304. The van der Waals surface area contributed by atoms with Crippen LogP contribution in [0.5, 0.6) is 0 Å². The Labute approximate surface area is 127 Å². The highest BCUT2D eigenvalue weighted by Gasteiger charge is 2.43. The fourth-order valence-electron chi connectivity index (χ4n) is 4.05. The van der Waals surface area contributed by atoms with Gasteiger partial charge in [0.05, 0.1) is 6.10 Å². The molecule has 0 aromatic rings. The van der Waals surface area contributed by atoms with Crippen molar-refractivity contribution in [1.82, 2.24) is 0 Å². The molecule has 1 nitrogen and oxygen atoms in total. The first-order chi connectivity index (χ1) is 8.67. The second-order valence-electron chi connectivity index (χ2n) is 6.51. The van der Waals surface area contributed by atoms with Gasteiger partial charge in [-0.15, -0.1) is 12.4 Å². The summed E-state index contributed by atoms with van der Waals surface area (Å²) in [6.07, 6.45) is 14.8. The van der Waals surface area contributed by atoms with E-state index in [0.29, 0.717) is 5.41 Å². The van der Waals surface area contributed by atoms with Gasteiger partial charge in [0.25, 0.3) is 0 Å². The molecule has 2 fully saturated rings. The van der Waals surface area contributed by atoms with Gasteiger partial charge in [-0.1, -0.05) is 58.8 Å². The van der Waals surface area contributed by atoms with Gasteiger partial charge < -0.3 is 5.11 Å². The molecule has 0 aromatic heterocycles. The van der Waals surface area contributed by atoms with Crippen molar-refractivity contribution in [3.63, 3.8) is 0 Å². The zero-order chi connectivity index (χ0) is 13.4. The fourth-order valence-corrected chi connectivity index (χ4v) is 4.05. The van der Waals surface area contributed by atoms with E-state index in [1.165, 1.54) is 70.6 Å². The number of hydrogen-bond acceptors (Lipinski definition) is 1. The number of rotatable bonds is 2. The van der Waals surface area contributed by atoms with Crippen LogP contribution >= 0.6 is 12.4 Å². The maximum Gasteiger partial charge on any atom is 0.0570 e. The molecule has 19 heavy (non-hydrogen) atoms. The molecule has 0 bridgehead atoms. The summed E-state index contributed by atoms with van der Waals surface area (Å²) in [7, 11) is 0. The van der Waals surface area contributed by atoms with Crippen molar-refractivity contribution in [2.45, 2.75) is 97.5 Å². The molecule has 2 aliphatic rings. The number of aliphatic hydroxyl groups is 1. The van der Waals surface area contributed by atoms with Crippen molar-refractivity contribution in [2.24, 2.45) is 11.3 Å². The number of aliphatic hydroxyl groups excluding tert-OH is 1. The molecule has 2 heteroatoms. The molecule has 2 aliphatic carbocycles. The smallest absolute Gasteiger partial charge is 0.0570 e. The van der Waals surface area contributed by atoms with Crippen LogP contribution < -0.4 is 0 Å². The average Bonchev–Trinajstić information content (AvgIpc) is 2.41. The minimum absolute atomic E-state index is 0. The molecule has 1 unspecified atom stereocenters. The third-order valence-electron chi connectivity index (χ3n) is 5.03. The molecule has 2 saturated carbocycles. The third-order valence-corrected chi connectivity index (χ3v) is 5.03. The van der Waals surface area contributed by atoms with Gasteiger partial charge in [-0.05, 0) is 43.9 Å². The van der Waals surface area contributed by atoms with E-state index in [1.807, 2.05) is 6.92 Å². The Morgan fingerprint density at radius 2 is 1.37 bits per heavy atom. The fraction of sp³-hybridized carbons (Fsp3) is 1.00. The van der Waals surface area contributed by atoms with E-state index >= 15 is 0 Å². The SMILES string of the molecule is CC(O)C1(C2CCCCC2)CCCCC1.CCC.Cl. The van der Waals surface area contributed by atoms with Gasteiger partial charge in [-0.2, -0.15) is 0 Å². The first-order valence-corrected chi connectivity index (χ1v) is 8.35. The molecule has 1 N–H and O–H groups in total. The van der Waals surface area contributed by atoms with Gasteiger partial charge in [0.2, 0.25) is 0 Å². The van der Waals surface area contributed by atoms with Gasteiger partial charge in [-0.25, -0.2) is 0 Å². The largest absolute Gasteiger partial charge is 0.393 e. The molecular weight excluding hydrogens is 256 g/mol. The molecule has 1 atom stereocenters. The van der Waals surface area contributed by atoms with Crippen LogP contribution in [-0.2, 0) is 0 Å². The van der Waals surface area contributed by atoms with Crippen LogP contribution in [0.25, 0.3) is 0 Å². The number of hydrogen-bond donors (Lipinski definition) is 1. The Morgan fingerprint density at radius 1 is 0.947 bits per heavy atom. The van der Waals surface area contributed by atoms with E-state index in [9.17, 15) is 5.11 Å². The standard InChI is InChI=1S/C14H26O.C3H8.ClH/c1-12(15)14(10-6-3-7-11-14)13-8-4-2-5-9-13;1-3-2;/h12-13,15H,2-11H2,1H3;3H2,1-2H3;1H. The molecular formula is C17H35ClO. The lowest BCUT2D eigenvalue weighted by Crippen LogP contribution is -2.42. The van der Waals surface area contributed by atoms with Crippen molar-refractivity contribution in [3.8, 4) is 0 Å². The van der Waals surface area contributed by atoms with Crippen LogP contribution in [0.2, 0.25) is 0 Å². The van der Waals surface area contributed by atoms with Crippen LogP contribution in [0.15, 0.2) is 0 Å². The predicted octanol–water partition coefficient (Wildman–Crippen LogP) is 5.74. The van der Waals surface area contributed by atoms with E-state index in [0.717, 1.165) is 5.92 Å². The van der Waals surface area contributed by atoms with Crippen molar-refractivity contribution in [3.05, 3.63) is 0 Å². The molecule has 0 aliphatic heterocycles. The van der Waals surface area contributed by atoms with Crippen molar-refractivity contribution < 1.29 is 5.11 Å². The Morgan fingerprint density at radius 3 is 1.79 bits per heavy atom. The Balaban J connectivity index is 0.000000742. The molecule has 0 spiro atoms. The van der Waals surface area contributed by atoms with Gasteiger partial charge in [-0.3, -0.25) is 0 Å². The average molecular weight is 291 g/mol. The van der Waals surface area contributed by atoms with E-state index in [-0.39, 0.29) is 18.5 Å². The Kier molecular flexibility index (Phi) is 10.2. The zero-order valence-corrected chi connectivity index (χ0v) is 14.1. The minimum atomic E-state index is -0.0825. The zero-order valence-electron chi connectivity index (χ0n) is 13.3. The summed E-state index contributed by atoms with van der Waals surface area (Å²) in [6, 6.07) is 0. The first-order valence-electron chi connectivity index (χ1n) is 8.35. The summed E-state index contributed by atoms with van der Waals surface area (Å²) < 4.78 is 0. The Bertz CT molecular complexity index is 203. The lowest BCUT2D eigenvalue weighted by molar-refractivity contribution is -0.0496. The highest BCUT2D eigenvalue weighted by atomic mass is 35.5. The normalized spacial score (nSPS) is 24.6. The highest BCUT2D eigenvalue weighted by molar-refractivity contribution is 5.85. The predicted molar refractivity (Wildman–Crippen MR) is 87.0 cm³/mol. The third kappa shape index (κ3) is 5.27. The van der Waals surface area contributed by atoms with Crippen molar-refractivity contribution in [2.75, 3.05) is 0 Å². The molecule has 2 rings (SSSR count). The van der Waals surface area contributed by atoms with Gasteiger partial charge in [0.15, 0.2) is 0 Å². The highest BCUT2D eigenvalue weighted by Crippen LogP contribution is 2.50. The topological polar surface area (TPSA) is 20.2 Å². The quantitative estimate of drug-likeness (QED) is 0.688. The van der Waals surface area contributed by atoms with Crippen LogP contribution in [0.3, 0.4) is 0 Å². The maximum atomic E-state index is 10.2. The monoisotopic (exact) mass is 290 g/mol. The Hall–Kier alpha value is 0.250. The van der Waals surface area contributed by atoms with Crippen molar-refractivity contribution in [1.29, 1.82) is 0 Å². The van der Waals surface area contributed by atoms with E-state index in [1.54, 1.807) is 0 Å². The summed E-state index contributed by atoms with van der Waals surface area (Å²) >= 11 is 0. The van der Waals surface area contributed by atoms with Gasteiger partial charge in [0, 0.05) is 0 Å². The molecule has 0 aromatic carbocycles. The van der Waals surface area contributed by atoms with E-state index < -0.39 is 0 Å². The van der Waals surface area contributed by atoms with Crippen LogP contribution in [0.4, 0.5) is 0 Å². The van der Waals surface area contributed by atoms with E-state index in [2.05, 4.69) is 13.8 Å². The van der Waals surface area contributed by atoms with E-state index in [4.69, 9.17) is 0 Å².